The van der Waals surface area contributed by atoms with Gasteiger partial charge in [-0.05, 0) is 24.6 Å². The molecular weight excluding hydrogens is 371 g/mol. The first kappa shape index (κ1) is 17.7. The Morgan fingerprint density at radius 1 is 1.21 bits per heavy atom. The lowest BCUT2D eigenvalue weighted by atomic mass is 10.2. The summed E-state index contributed by atoms with van der Waals surface area (Å²) in [6, 6.07) is 5.64. The van der Waals surface area contributed by atoms with Crippen molar-refractivity contribution in [3.05, 3.63) is 36.0 Å². The fraction of sp³-hybridized carbons (Fsp3) is 0.250. The lowest BCUT2D eigenvalue weighted by Crippen LogP contribution is -2.35. The van der Waals surface area contributed by atoms with Crippen LogP contribution in [0.2, 0.25) is 0 Å². The van der Waals surface area contributed by atoms with Crippen LogP contribution >= 0.6 is 0 Å². The van der Waals surface area contributed by atoms with Crippen molar-refractivity contribution < 1.29 is 18.4 Å². The van der Waals surface area contributed by atoms with Crippen LogP contribution in [-0.2, 0) is 4.74 Å². The average Bonchev–Trinajstić information content (AvgIpc) is 3.33. The first-order chi connectivity index (χ1) is 13.6. The summed E-state index contributed by atoms with van der Waals surface area (Å²) < 4.78 is 23.5. The Labute approximate surface area is 157 Å². The number of nitrogens with one attached hydrogen (secondary N) is 2. The van der Waals surface area contributed by atoms with Gasteiger partial charge in [-0.3, -0.25) is 4.79 Å². The van der Waals surface area contributed by atoms with Crippen molar-refractivity contribution in [1.29, 1.82) is 0 Å². The third kappa shape index (κ3) is 4.01. The van der Waals surface area contributed by atoms with Gasteiger partial charge in [-0.2, -0.15) is 19.9 Å². The number of anilines is 3. The van der Waals surface area contributed by atoms with Crippen LogP contribution in [0.3, 0.4) is 0 Å². The zero-order valence-corrected chi connectivity index (χ0v) is 14.4. The highest BCUT2D eigenvalue weighted by Gasteiger charge is 2.23. The van der Waals surface area contributed by atoms with Crippen LogP contribution in [0, 0.1) is 5.82 Å². The van der Waals surface area contributed by atoms with Gasteiger partial charge in [0.05, 0.1) is 12.6 Å². The molecule has 144 valence electrons. The Bertz CT molecular complexity index is 1010. The van der Waals surface area contributed by atoms with Crippen molar-refractivity contribution >= 4 is 23.5 Å². The number of halogens is 1. The maximum atomic E-state index is 13.3. The molecule has 1 fully saturated rings. The van der Waals surface area contributed by atoms with E-state index in [4.69, 9.17) is 15.0 Å². The first-order valence-electron chi connectivity index (χ1n) is 8.33. The summed E-state index contributed by atoms with van der Waals surface area (Å²) in [6.07, 6.45) is 0.714. The van der Waals surface area contributed by atoms with Crippen molar-refractivity contribution in [2.24, 2.45) is 0 Å². The number of nitrogens with zero attached hydrogens (tertiary/aromatic N) is 5. The van der Waals surface area contributed by atoms with Crippen molar-refractivity contribution in [2.75, 3.05) is 24.3 Å². The van der Waals surface area contributed by atoms with Gasteiger partial charge in [0.1, 0.15) is 5.82 Å². The number of rotatable bonds is 5. The standard InChI is InChI=1S/C16H15FN8O3/c17-8-2-1-3-9(6-8)20-16-23-11(22-15(18)24-16)12-21-14(28-25-12)13(26)19-10-4-5-27-7-10/h1-3,6,10H,4-5,7H2,(H,19,26)(H3,18,20,22,23,24). The number of benzene rings is 1. The highest BCUT2D eigenvalue weighted by molar-refractivity contribution is 5.90. The number of hydrogen-bond donors (Lipinski definition) is 3. The number of carbonyl (C=O) groups excluding carboxylic acids is 1. The number of nitrogen functional groups attached to an aromatic ring is 1. The molecule has 3 aromatic rings. The Kier molecular flexibility index (Phi) is 4.76. The monoisotopic (exact) mass is 386 g/mol. The zero-order valence-electron chi connectivity index (χ0n) is 14.4. The van der Waals surface area contributed by atoms with Crippen molar-refractivity contribution in [3.63, 3.8) is 0 Å². The molecule has 0 aliphatic carbocycles. The van der Waals surface area contributed by atoms with E-state index in [0.29, 0.717) is 25.3 Å². The Morgan fingerprint density at radius 2 is 2.11 bits per heavy atom. The topological polar surface area (TPSA) is 154 Å². The van der Waals surface area contributed by atoms with Crippen LogP contribution in [0.4, 0.5) is 22.0 Å². The lowest BCUT2D eigenvalue weighted by Gasteiger charge is -2.07. The summed E-state index contributed by atoms with van der Waals surface area (Å²) in [7, 11) is 0. The number of amides is 1. The van der Waals surface area contributed by atoms with Crippen LogP contribution < -0.4 is 16.4 Å². The van der Waals surface area contributed by atoms with E-state index >= 15 is 0 Å². The van der Waals surface area contributed by atoms with Gasteiger partial charge in [-0.15, -0.1) is 0 Å². The van der Waals surface area contributed by atoms with Gasteiger partial charge in [0.2, 0.25) is 23.5 Å². The highest BCUT2D eigenvalue weighted by atomic mass is 19.1. The third-order valence-corrected chi connectivity index (χ3v) is 3.82. The lowest BCUT2D eigenvalue weighted by molar-refractivity contribution is 0.0886. The average molecular weight is 386 g/mol. The van der Waals surface area contributed by atoms with E-state index in [1.54, 1.807) is 6.07 Å². The molecule has 0 saturated carbocycles. The normalized spacial score (nSPS) is 16.1. The number of hydrogen-bond acceptors (Lipinski definition) is 10. The Hall–Kier alpha value is -3.67. The van der Waals surface area contributed by atoms with E-state index in [0.717, 1.165) is 0 Å². The van der Waals surface area contributed by atoms with E-state index in [9.17, 15) is 9.18 Å². The Morgan fingerprint density at radius 3 is 2.89 bits per heavy atom. The molecule has 0 bridgehead atoms. The summed E-state index contributed by atoms with van der Waals surface area (Å²) in [4.78, 5) is 28.2. The quantitative estimate of drug-likeness (QED) is 0.576. The molecule has 3 heterocycles. The fourth-order valence-corrected chi connectivity index (χ4v) is 2.55. The number of aromatic nitrogens is 5. The molecule has 2 aromatic heterocycles. The molecule has 1 aliphatic rings. The van der Waals surface area contributed by atoms with Gasteiger partial charge in [0, 0.05) is 12.3 Å². The molecule has 4 rings (SSSR count). The number of carbonyl (C=O) groups is 1. The van der Waals surface area contributed by atoms with Gasteiger partial charge in [0.15, 0.2) is 0 Å². The van der Waals surface area contributed by atoms with Crippen molar-refractivity contribution in [1.82, 2.24) is 30.4 Å². The summed E-state index contributed by atoms with van der Waals surface area (Å²) in [5.41, 5.74) is 6.12. The van der Waals surface area contributed by atoms with Gasteiger partial charge in [-0.25, -0.2) is 4.39 Å². The van der Waals surface area contributed by atoms with Crippen LogP contribution in [0.1, 0.15) is 17.1 Å². The number of nitrogens with two attached hydrogens (primary N) is 1. The zero-order chi connectivity index (χ0) is 19.5. The predicted octanol–water partition coefficient (Wildman–Crippen LogP) is 0.905. The first-order valence-corrected chi connectivity index (χ1v) is 8.33. The maximum absolute atomic E-state index is 13.3. The summed E-state index contributed by atoms with van der Waals surface area (Å²) in [5, 5.41) is 9.26. The smallest absolute Gasteiger partial charge is 0.316 e. The largest absolute Gasteiger partial charge is 0.379 e. The van der Waals surface area contributed by atoms with Crippen LogP contribution in [0.15, 0.2) is 28.8 Å². The van der Waals surface area contributed by atoms with E-state index in [1.807, 2.05) is 0 Å². The van der Waals surface area contributed by atoms with Gasteiger partial charge >= 0.3 is 11.8 Å². The molecule has 28 heavy (non-hydrogen) atoms. The van der Waals surface area contributed by atoms with Gasteiger partial charge in [-0.1, -0.05) is 11.2 Å². The molecule has 1 amide bonds. The summed E-state index contributed by atoms with van der Waals surface area (Å²) in [5.74, 6) is -1.26. The third-order valence-electron chi connectivity index (χ3n) is 3.82. The van der Waals surface area contributed by atoms with E-state index < -0.39 is 11.7 Å². The molecule has 1 unspecified atom stereocenters. The highest BCUT2D eigenvalue weighted by Crippen LogP contribution is 2.18. The molecule has 1 aliphatic heterocycles. The van der Waals surface area contributed by atoms with Gasteiger partial charge in [0.25, 0.3) is 0 Å². The van der Waals surface area contributed by atoms with E-state index in [-0.39, 0.29) is 35.5 Å². The Balaban J connectivity index is 1.53. The van der Waals surface area contributed by atoms with Crippen LogP contribution in [-0.4, -0.2) is 50.3 Å². The fourth-order valence-electron chi connectivity index (χ4n) is 2.55. The van der Waals surface area contributed by atoms with Crippen LogP contribution in [0.5, 0.6) is 0 Å². The molecule has 11 nitrogen and oxygen atoms in total. The van der Waals surface area contributed by atoms with E-state index in [1.165, 1.54) is 18.2 Å². The van der Waals surface area contributed by atoms with Crippen molar-refractivity contribution in [3.8, 4) is 11.6 Å². The van der Waals surface area contributed by atoms with Crippen molar-refractivity contribution in [2.45, 2.75) is 12.5 Å². The predicted molar refractivity (Wildman–Crippen MR) is 93.9 cm³/mol. The molecule has 0 spiro atoms. The minimum absolute atomic E-state index is 0.00148. The minimum atomic E-state index is -0.519. The van der Waals surface area contributed by atoms with Gasteiger partial charge < -0.3 is 25.6 Å². The molecule has 1 atom stereocenters. The number of ether oxygens (including phenoxy) is 1. The summed E-state index contributed by atoms with van der Waals surface area (Å²) in [6.45, 7) is 1.02. The minimum Gasteiger partial charge on any atom is -0.379 e. The second kappa shape index (κ2) is 7.52. The SMILES string of the molecule is Nc1nc(Nc2cccc(F)c2)nc(-c2noc(C(=O)NC3CCOC3)n2)n1. The second-order valence-corrected chi connectivity index (χ2v) is 5.93. The molecule has 1 aromatic carbocycles. The maximum Gasteiger partial charge on any atom is 0.316 e. The molecular formula is C16H15FN8O3. The molecule has 1 saturated heterocycles. The molecule has 4 N–H and O–H groups in total. The van der Waals surface area contributed by atoms with E-state index in [2.05, 4.69) is 35.7 Å². The molecule has 12 heteroatoms. The second-order valence-electron chi connectivity index (χ2n) is 5.93. The summed E-state index contributed by atoms with van der Waals surface area (Å²) >= 11 is 0. The molecule has 0 radical (unpaired) electrons. The van der Waals surface area contributed by atoms with Crippen LogP contribution in [0.25, 0.3) is 11.6 Å².